The number of thiazole rings is 1. The summed E-state index contributed by atoms with van der Waals surface area (Å²) in [5.41, 5.74) is 5.45. The van der Waals surface area contributed by atoms with E-state index in [4.69, 9.17) is 4.74 Å². The van der Waals surface area contributed by atoms with Gasteiger partial charge in [0.1, 0.15) is 5.75 Å². The molecule has 0 radical (unpaired) electrons. The summed E-state index contributed by atoms with van der Waals surface area (Å²) in [5.74, 6) is 0.667. The smallest absolute Gasteiger partial charge is 0.252 e. The monoisotopic (exact) mass is 380 g/mol. The van der Waals surface area contributed by atoms with E-state index in [1.54, 1.807) is 18.4 Å². The van der Waals surface area contributed by atoms with Gasteiger partial charge in [-0.3, -0.25) is 4.79 Å². The molecule has 3 rings (SSSR count). The SMILES string of the molecule is C=CCn1c(=NC(=O)Cc2ccc(OC)c(C)c2)sc2c(C)cc(C)cc21. The molecule has 0 saturated carbocycles. The zero-order valence-corrected chi connectivity index (χ0v) is 17.0. The number of hydrogen-bond donors (Lipinski definition) is 0. The van der Waals surface area contributed by atoms with Crippen LogP contribution in [0.2, 0.25) is 0 Å². The predicted octanol–water partition coefficient (Wildman–Crippen LogP) is 4.49. The quantitative estimate of drug-likeness (QED) is 0.612. The highest BCUT2D eigenvalue weighted by molar-refractivity contribution is 7.16. The van der Waals surface area contributed by atoms with Gasteiger partial charge >= 0.3 is 0 Å². The molecule has 0 fully saturated rings. The summed E-state index contributed by atoms with van der Waals surface area (Å²) in [6, 6.07) is 10.1. The van der Waals surface area contributed by atoms with Gasteiger partial charge in [0.15, 0.2) is 4.80 Å². The van der Waals surface area contributed by atoms with Crippen LogP contribution < -0.4 is 9.54 Å². The minimum absolute atomic E-state index is 0.154. The Hall–Kier alpha value is -2.66. The molecule has 0 spiro atoms. The Morgan fingerprint density at radius 2 is 2.00 bits per heavy atom. The van der Waals surface area contributed by atoms with Crippen LogP contribution in [-0.4, -0.2) is 17.6 Å². The topological polar surface area (TPSA) is 43.6 Å². The highest BCUT2D eigenvalue weighted by Crippen LogP contribution is 2.23. The Morgan fingerprint density at radius 1 is 1.22 bits per heavy atom. The van der Waals surface area contributed by atoms with E-state index in [9.17, 15) is 4.79 Å². The van der Waals surface area contributed by atoms with Crippen LogP contribution in [0.1, 0.15) is 22.3 Å². The van der Waals surface area contributed by atoms with Crippen LogP contribution in [0.3, 0.4) is 0 Å². The van der Waals surface area contributed by atoms with Gasteiger partial charge in [-0.2, -0.15) is 4.99 Å². The molecule has 2 aromatic carbocycles. The van der Waals surface area contributed by atoms with E-state index in [1.807, 2.05) is 31.2 Å². The molecule has 0 unspecified atom stereocenters. The molecule has 0 aliphatic carbocycles. The molecule has 27 heavy (non-hydrogen) atoms. The first-order chi connectivity index (χ1) is 12.9. The molecule has 0 aliphatic heterocycles. The second-order valence-electron chi connectivity index (χ2n) is 6.70. The summed E-state index contributed by atoms with van der Waals surface area (Å²) in [7, 11) is 1.64. The number of carbonyl (C=O) groups is 1. The number of fused-ring (bicyclic) bond motifs is 1. The normalized spacial score (nSPS) is 11.8. The van der Waals surface area contributed by atoms with Crippen molar-refractivity contribution in [2.75, 3.05) is 7.11 Å². The third-order valence-electron chi connectivity index (χ3n) is 4.46. The Labute approximate surface area is 163 Å². The van der Waals surface area contributed by atoms with Crippen molar-refractivity contribution in [3.63, 3.8) is 0 Å². The van der Waals surface area contributed by atoms with Crippen LogP contribution >= 0.6 is 11.3 Å². The number of aromatic nitrogens is 1. The van der Waals surface area contributed by atoms with Crippen molar-refractivity contribution in [2.24, 2.45) is 4.99 Å². The number of carbonyl (C=O) groups excluding carboxylic acids is 1. The van der Waals surface area contributed by atoms with Crippen molar-refractivity contribution >= 4 is 27.5 Å². The zero-order chi connectivity index (χ0) is 19.6. The molecule has 0 saturated heterocycles. The van der Waals surface area contributed by atoms with E-state index < -0.39 is 0 Å². The van der Waals surface area contributed by atoms with E-state index in [0.717, 1.165) is 27.1 Å². The van der Waals surface area contributed by atoms with E-state index in [-0.39, 0.29) is 12.3 Å². The van der Waals surface area contributed by atoms with Gasteiger partial charge in [-0.05, 0) is 55.2 Å². The predicted molar refractivity (Wildman–Crippen MR) is 111 cm³/mol. The number of ether oxygens (including phenoxy) is 1. The lowest BCUT2D eigenvalue weighted by molar-refractivity contribution is -0.117. The van der Waals surface area contributed by atoms with E-state index in [1.165, 1.54) is 11.1 Å². The van der Waals surface area contributed by atoms with Gasteiger partial charge in [0, 0.05) is 6.54 Å². The van der Waals surface area contributed by atoms with Crippen LogP contribution in [0, 0.1) is 20.8 Å². The number of nitrogens with zero attached hydrogens (tertiary/aromatic N) is 2. The molecule has 1 heterocycles. The Bertz CT molecular complexity index is 1090. The Kier molecular flexibility index (Phi) is 5.61. The molecule has 0 N–H and O–H groups in total. The minimum Gasteiger partial charge on any atom is -0.496 e. The van der Waals surface area contributed by atoms with Crippen LogP contribution in [0.4, 0.5) is 0 Å². The van der Waals surface area contributed by atoms with Crippen LogP contribution in [-0.2, 0) is 17.8 Å². The first-order valence-corrected chi connectivity index (χ1v) is 9.67. The number of rotatable bonds is 5. The van der Waals surface area contributed by atoms with Gasteiger partial charge in [-0.1, -0.05) is 35.6 Å². The summed E-state index contributed by atoms with van der Waals surface area (Å²) in [4.78, 5) is 17.7. The maximum atomic E-state index is 12.6. The lowest BCUT2D eigenvalue weighted by atomic mass is 10.1. The number of amides is 1. The molecule has 5 heteroatoms. The first-order valence-electron chi connectivity index (χ1n) is 8.85. The van der Waals surface area contributed by atoms with Crippen molar-refractivity contribution in [2.45, 2.75) is 33.7 Å². The molecule has 0 aliphatic rings. The van der Waals surface area contributed by atoms with Crippen LogP contribution in [0.5, 0.6) is 5.75 Å². The van der Waals surface area contributed by atoms with Crippen LogP contribution in [0.25, 0.3) is 10.2 Å². The Balaban J connectivity index is 2.00. The average Bonchev–Trinajstić information content (AvgIpc) is 2.93. The molecule has 140 valence electrons. The number of aryl methyl sites for hydroxylation is 3. The van der Waals surface area contributed by atoms with E-state index in [2.05, 4.69) is 42.1 Å². The van der Waals surface area contributed by atoms with Crippen molar-refractivity contribution in [1.29, 1.82) is 0 Å². The maximum Gasteiger partial charge on any atom is 0.252 e. The zero-order valence-electron chi connectivity index (χ0n) is 16.2. The second-order valence-corrected chi connectivity index (χ2v) is 7.68. The van der Waals surface area contributed by atoms with Gasteiger partial charge in [0.2, 0.25) is 0 Å². The first kappa shape index (κ1) is 19.1. The fourth-order valence-corrected chi connectivity index (χ4v) is 4.38. The summed E-state index contributed by atoms with van der Waals surface area (Å²) in [6.45, 7) is 10.6. The molecule has 1 amide bonds. The van der Waals surface area contributed by atoms with Crippen molar-refractivity contribution in [1.82, 2.24) is 4.57 Å². The third kappa shape index (κ3) is 4.03. The van der Waals surface area contributed by atoms with Gasteiger partial charge in [-0.15, -0.1) is 6.58 Å². The molecular weight excluding hydrogens is 356 g/mol. The van der Waals surface area contributed by atoms with E-state index in [0.29, 0.717) is 11.3 Å². The molecule has 4 nitrogen and oxygen atoms in total. The largest absolute Gasteiger partial charge is 0.496 e. The summed E-state index contributed by atoms with van der Waals surface area (Å²) >= 11 is 1.55. The molecular formula is C22H24N2O2S. The summed E-state index contributed by atoms with van der Waals surface area (Å²) < 4.78 is 8.50. The number of methoxy groups -OCH3 is 1. The second kappa shape index (κ2) is 7.92. The van der Waals surface area contributed by atoms with E-state index >= 15 is 0 Å². The fraction of sp³-hybridized carbons (Fsp3) is 0.273. The van der Waals surface area contributed by atoms with Gasteiger partial charge < -0.3 is 9.30 Å². The van der Waals surface area contributed by atoms with Gasteiger partial charge in [0.25, 0.3) is 5.91 Å². The lowest BCUT2D eigenvalue weighted by Crippen LogP contribution is -2.17. The highest BCUT2D eigenvalue weighted by atomic mass is 32.1. The average molecular weight is 381 g/mol. The summed E-state index contributed by atoms with van der Waals surface area (Å²) in [6.07, 6.45) is 2.10. The molecule has 0 bridgehead atoms. The van der Waals surface area contributed by atoms with Crippen molar-refractivity contribution in [3.05, 3.63) is 70.0 Å². The number of benzene rings is 2. The maximum absolute atomic E-state index is 12.6. The minimum atomic E-state index is -0.154. The lowest BCUT2D eigenvalue weighted by Gasteiger charge is -2.06. The van der Waals surface area contributed by atoms with Crippen molar-refractivity contribution < 1.29 is 9.53 Å². The Morgan fingerprint density at radius 3 is 2.67 bits per heavy atom. The number of allylic oxidation sites excluding steroid dienone is 1. The number of hydrogen-bond acceptors (Lipinski definition) is 3. The van der Waals surface area contributed by atoms with Gasteiger partial charge in [0.05, 0.1) is 23.7 Å². The standard InChI is InChI=1S/C22H24N2O2S/c1-6-9-24-18-11-14(2)10-16(4)21(18)27-22(24)23-20(25)13-17-7-8-19(26-5)15(3)12-17/h6-8,10-12H,1,9,13H2,2-5H3. The molecule has 0 atom stereocenters. The van der Waals surface area contributed by atoms with Crippen molar-refractivity contribution in [3.8, 4) is 5.75 Å². The fourth-order valence-electron chi connectivity index (χ4n) is 3.27. The highest BCUT2D eigenvalue weighted by Gasteiger charge is 2.11. The van der Waals surface area contributed by atoms with Gasteiger partial charge in [-0.25, -0.2) is 0 Å². The summed E-state index contributed by atoms with van der Waals surface area (Å²) in [5, 5.41) is 0. The molecule has 1 aromatic heterocycles. The third-order valence-corrected chi connectivity index (χ3v) is 5.69. The molecule has 3 aromatic rings. The van der Waals surface area contributed by atoms with Crippen LogP contribution in [0.15, 0.2) is 48.0 Å².